The molecule has 0 aliphatic rings. The molecule has 0 fully saturated rings. The lowest BCUT2D eigenvalue weighted by Gasteiger charge is -2.19. The lowest BCUT2D eigenvalue weighted by Crippen LogP contribution is -2.37. The number of carboxylic acids is 1. The Morgan fingerprint density at radius 1 is 1.29 bits per heavy atom. The molecule has 0 atom stereocenters. The molecule has 1 heterocycles. The number of amides is 1. The number of carboxylic acid groups (broad SMARTS) is 1. The number of carbonyl (C=O) groups excluding carboxylic acids is 1. The molecule has 1 amide bonds. The van der Waals surface area contributed by atoms with Gasteiger partial charge in [0.15, 0.2) is 0 Å². The van der Waals surface area contributed by atoms with Crippen LogP contribution in [0.2, 0.25) is 0 Å². The van der Waals surface area contributed by atoms with Gasteiger partial charge in [-0.3, -0.25) is 9.59 Å². The van der Waals surface area contributed by atoms with Crippen molar-refractivity contribution in [2.24, 2.45) is 0 Å². The van der Waals surface area contributed by atoms with E-state index < -0.39 is 5.97 Å². The maximum absolute atomic E-state index is 13.1. The van der Waals surface area contributed by atoms with Gasteiger partial charge in [-0.1, -0.05) is 12.1 Å². The molecule has 0 aliphatic heterocycles. The van der Waals surface area contributed by atoms with Crippen LogP contribution in [0.1, 0.15) is 15.2 Å². The number of carbonyl (C=O) groups is 2. The first-order valence-electron chi connectivity index (χ1n) is 7.28. The Morgan fingerprint density at radius 2 is 1.96 bits per heavy atom. The molecule has 0 spiro atoms. The van der Waals surface area contributed by atoms with E-state index in [2.05, 4.69) is 0 Å². The predicted molar refractivity (Wildman–Crippen MR) is 89.9 cm³/mol. The third kappa shape index (κ3) is 4.39. The maximum atomic E-state index is 13.1. The van der Waals surface area contributed by atoms with E-state index in [1.54, 1.807) is 18.2 Å². The zero-order chi connectivity index (χ0) is 17.7. The van der Waals surface area contributed by atoms with Crippen LogP contribution >= 0.6 is 11.3 Å². The molecule has 0 bridgehead atoms. The van der Waals surface area contributed by atoms with Crippen LogP contribution in [-0.4, -0.2) is 48.7 Å². The first kappa shape index (κ1) is 18.1. The summed E-state index contributed by atoms with van der Waals surface area (Å²) >= 11 is 1.27. The number of hydrogen-bond donors (Lipinski definition) is 1. The Morgan fingerprint density at radius 3 is 2.54 bits per heavy atom. The number of halogens is 1. The number of benzene rings is 1. The van der Waals surface area contributed by atoms with Crippen LogP contribution in [0.25, 0.3) is 10.4 Å². The highest BCUT2D eigenvalue weighted by Gasteiger charge is 2.21. The van der Waals surface area contributed by atoms with Gasteiger partial charge in [-0.25, -0.2) is 4.39 Å². The fourth-order valence-corrected chi connectivity index (χ4v) is 3.39. The number of rotatable bonds is 7. The van der Waals surface area contributed by atoms with Crippen molar-refractivity contribution in [3.63, 3.8) is 0 Å². The minimum atomic E-state index is -1.08. The SMILES string of the molecule is COCCN(CC(=O)O)C(=O)c1cc(C)c(-c2ccc(F)cc2)s1. The Labute approximate surface area is 143 Å². The van der Waals surface area contributed by atoms with Gasteiger partial charge in [-0.05, 0) is 36.2 Å². The summed E-state index contributed by atoms with van der Waals surface area (Å²) in [6.45, 7) is 1.94. The Kier molecular flexibility index (Phi) is 6.05. The van der Waals surface area contributed by atoms with Crippen LogP contribution in [-0.2, 0) is 9.53 Å². The zero-order valence-electron chi connectivity index (χ0n) is 13.4. The molecular formula is C17H18FNO4S. The van der Waals surface area contributed by atoms with Crippen molar-refractivity contribution in [1.29, 1.82) is 0 Å². The molecule has 0 saturated heterocycles. The summed E-state index contributed by atoms with van der Waals surface area (Å²) in [5.74, 6) is -1.75. The van der Waals surface area contributed by atoms with Gasteiger partial charge < -0.3 is 14.7 Å². The number of aliphatic carboxylic acids is 1. The lowest BCUT2D eigenvalue weighted by molar-refractivity contribution is -0.137. The molecule has 24 heavy (non-hydrogen) atoms. The molecule has 1 N–H and O–H groups in total. The summed E-state index contributed by atoms with van der Waals surface area (Å²) in [6.07, 6.45) is 0. The molecule has 1 aromatic heterocycles. The second-order valence-electron chi connectivity index (χ2n) is 5.24. The smallest absolute Gasteiger partial charge is 0.323 e. The van der Waals surface area contributed by atoms with Crippen molar-refractivity contribution < 1.29 is 23.8 Å². The van der Waals surface area contributed by atoms with E-state index in [0.29, 0.717) is 4.88 Å². The first-order chi connectivity index (χ1) is 11.4. The Bertz CT molecular complexity index is 727. The third-order valence-electron chi connectivity index (χ3n) is 3.41. The first-order valence-corrected chi connectivity index (χ1v) is 8.10. The second-order valence-corrected chi connectivity index (χ2v) is 6.30. The minimum absolute atomic E-state index is 0.199. The van der Waals surface area contributed by atoms with Crippen molar-refractivity contribution in [3.05, 3.63) is 46.6 Å². The number of nitrogens with zero attached hydrogens (tertiary/aromatic N) is 1. The molecular weight excluding hydrogens is 333 g/mol. The molecule has 128 valence electrons. The standard InChI is InChI=1S/C17H18FNO4S/c1-11-9-14(17(22)19(7-8-23-2)10-15(20)21)24-16(11)12-3-5-13(18)6-4-12/h3-6,9H,7-8,10H2,1-2H3,(H,20,21). The summed E-state index contributed by atoms with van der Waals surface area (Å²) in [7, 11) is 1.49. The van der Waals surface area contributed by atoms with E-state index in [-0.39, 0.29) is 31.4 Å². The van der Waals surface area contributed by atoms with E-state index in [9.17, 15) is 14.0 Å². The van der Waals surface area contributed by atoms with E-state index in [4.69, 9.17) is 9.84 Å². The highest BCUT2D eigenvalue weighted by molar-refractivity contribution is 7.17. The van der Waals surface area contributed by atoms with Crippen LogP contribution in [0.3, 0.4) is 0 Å². The largest absolute Gasteiger partial charge is 0.480 e. The monoisotopic (exact) mass is 351 g/mol. The average Bonchev–Trinajstić information content (AvgIpc) is 2.93. The lowest BCUT2D eigenvalue weighted by atomic mass is 10.1. The number of thiophene rings is 1. The van der Waals surface area contributed by atoms with Crippen LogP contribution in [0.15, 0.2) is 30.3 Å². The molecule has 2 rings (SSSR count). The van der Waals surface area contributed by atoms with Gasteiger partial charge in [0.1, 0.15) is 12.4 Å². The maximum Gasteiger partial charge on any atom is 0.323 e. The van der Waals surface area contributed by atoms with Crippen molar-refractivity contribution >= 4 is 23.2 Å². The Hall–Kier alpha value is -2.25. The average molecular weight is 351 g/mol. The molecule has 0 saturated carbocycles. The summed E-state index contributed by atoms with van der Waals surface area (Å²) < 4.78 is 18.0. The van der Waals surface area contributed by atoms with Gasteiger partial charge in [-0.15, -0.1) is 11.3 Å². The third-order valence-corrected chi connectivity index (χ3v) is 4.69. The molecule has 0 radical (unpaired) electrons. The number of aryl methyl sites for hydroxylation is 1. The predicted octanol–water partition coefficient (Wildman–Crippen LogP) is 3.04. The molecule has 0 unspecified atom stereocenters. The van der Waals surface area contributed by atoms with Crippen LogP contribution in [0.4, 0.5) is 4.39 Å². The molecule has 2 aromatic rings. The van der Waals surface area contributed by atoms with Gasteiger partial charge in [-0.2, -0.15) is 0 Å². The zero-order valence-corrected chi connectivity index (χ0v) is 14.2. The van der Waals surface area contributed by atoms with E-state index in [1.807, 2.05) is 6.92 Å². The summed E-state index contributed by atoms with van der Waals surface area (Å²) in [5, 5.41) is 8.98. The summed E-state index contributed by atoms with van der Waals surface area (Å²) in [5.41, 5.74) is 1.71. The fraction of sp³-hybridized carbons (Fsp3) is 0.294. The molecule has 1 aromatic carbocycles. The van der Waals surface area contributed by atoms with Crippen molar-refractivity contribution in [2.75, 3.05) is 26.8 Å². The van der Waals surface area contributed by atoms with Gasteiger partial charge in [0.05, 0.1) is 11.5 Å². The van der Waals surface area contributed by atoms with E-state index >= 15 is 0 Å². The summed E-state index contributed by atoms with van der Waals surface area (Å²) in [4.78, 5) is 26.1. The van der Waals surface area contributed by atoms with Gasteiger partial charge in [0.2, 0.25) is 0 Å². The topological polar surface area (TPSA) is 66.8 Å². The van der Waals surface area contributed by atoms with Crippen LogP contribution in [0.5, 0.6) is 0 Å². The van der Waals surface area contributed by atoms with Crippen molar-refractivity contribution in [2.45, 2.75) is 6.92 Å². The second kappa shape index (κ2) is 8.03. The quantitative estimate of drug-likeness (QED) is 0.833. The highest BCUT2D eigenvalue weighted by Crippen LogP contribution is 2.33. The number of ether oxygens (including phenoxy) is 1. The molecule has 0 aliphatic carbocycles. The van der Waals surface area contributed by atoms with E-state index in [1.165, 1.54) is 35.5 Å². The van der Waals surface area contributed by atoms with Crippen molar-refractivity contribution in [3.8, 4) is 10.4 Å². The molecule has 5 nitrogen and oxygen atoms in total. The van der Waals surface area contributed by atoms with Gasteiger partial charge in [0.25, 0.3) is 5.91 Å². The van der Waals surface area contributed by atoms with E-state index in [0.717, 1.165) is 16.0 Å². The van der Waals surface area contributed by atoms with Crippen LogP contribution < -0.4 is 0 Å². The fourth-order valence-electron chi connectivity index (χ4n) is 2.25. The normalized spacial score (nSPS) is 10.6. The van der Waals surface area contributed by atoms with Gasteiger partial charge >= 0.3 is 5.97 Å². The Balaban J connectivity index is 2.27. The molecule has 7 heteroatoms. The summed E-state index contributed by atoms with van der Waals surface area (Å²) in [6, 6.07) is 7.77. The van der Waals surface area contributed by atoms with Gasteiger partial charge in [0, 0.05) is 18.5 Å². The number of methoxy groups -OCH3 is 1. The van der Waals surface area contributed by atoms with Crippen LogP contribution in [0, 0.1) is 12.7 Å². The highest BCUT2D eigenvalue weighted by atomic mass is 32.1. The minimum Gasteiger partial charge on any atom is -0.480 e. The number of hydrogen-bond acceptors (Lipinski definition) is 4. The van der Waals surface area contributed by atoms with Crippen molar-refractivity contribution in [1.82, 2.24) is 4.90 Å².